The van der Waals surface area contributed by atoms with E-state index >= 15 is 0 Å². The largest absolute Gasteiger partial charge is 0.497 e. The van der Waals surface area contributed by atoms with Crippen LogP contribution in [0.5, 0.6) is 5.75 Å². The van der Waals surface area contributed by atoms with Crippen molar-refractivity contribution in [3.8, 4) is 5.75 Å². The van der Waals surface area contributed by atoms with Crippen LogP contribution < -0.4 is 10.1 Å². The summed E-state index contributed by atoms with van der Waals surface area (Å²) in [6, 6.07) is 11.8. The smallest absolute Gasteiger partial charge is 0.330 e. The Morgan fingerprint density at radius 3 is 2.32 bits per heavy atom. The number of nitrogens with zero attached hydrogens (tertiary/aromatic N) is 1. The molecule has 1 saturated heterocycles. The van der Waals surface area contributed by atoms with E-state index in [1.54, 1.807) is 30.3 Å². The third kappa shape index (κ3) is 5.42. The number of likely N-dealkylation sites (tertiary alicyclic amines) is 1. The Hall–Kier alpha value is -3.31. The number of benzene rings is 2. The minimum Gasteiger partial charge on any atom is -0.497 e. The van der Waals surface area contributed by atoms with E-state index in [1.807, 2.05) is 0 Å². The number of hydrogen-bond donors (Lipinski definition) is 2. The average molecular weight is 505 g/mol. The highest BCUT2D eigenvalue weighted by Gasteiger charge is 2.55. The number of nitrogens with one attached hydrogen (secondary N) is 1. The van der Waals surface area contributed by atoms with Crippen LogP contribution in [0.3, 0.4) is 0 Å². The van der Waals surface area contributed by atoms with E-state index in [9.17, 15) is 27.9 Å². The summed E-state index contributed by atoms with van der Waals surface area (Å²) < 4.78 is 31.2. The van der Waals surface area contributed by atoms with Gasteiger partial charge in [0.2, 0.25) is 20.7 Å². The van der Waals surface area contributed by atoms with Gasteiger partial charge < -0.3 is 20.1 Å². The molecule has 2 aromatic rings. The first kappa shape index (κ1) is 25.3. The van der Waals surface area contributed by atoms with Crippen LogP contribution in [0.4, 0.5) is 0 Å². The third-order valence-electron chi connectivity index (χ3n) is 5.16. The zero-order chi connectivity index (χ0) is 25.0. The number of carbonyl (C=O) groups is 3. The molecule has 9 nitrogen and oxygen atoms in total. The van der Waals surface area contributed by atoms with Gasteiger partial charge in [0, 0.05) is 10.8 Å². The molecule has 1 aliphatic heterocycles. The van der Waals surface area contributed by atoms with Crippen LogP contribution in [0.2, 0.25) is 0 Å². The fourth-order valence-corrected chi connectivity index (χ4v) is 7.01. The van der Waals surface area contributed by atoms with Gasteiger partial charge in [-0.15, -0.1) is 0 Å². The summed E-state index contributed by atoms with van der Waals surface area (Å²) >= 11 is 0. The summed E-state index contributed by atoms with van der Waals surface area (Å²) in [5.74, 6) is -2.07. The Balaban J connectivity index is 1.87. The van der Waals surface area contributed by atoms with E-state index in [0.717, 1.165) is 4.90 Å². The fourth-order valence-electron chi connectivity index (χ4n) is 3.50. The van der Waals surface area contributed by atoms with Crippen LogP contribution in [0.1, 0.15) is 12.5 Å². The van der Waals surface area contributed by atoms with Gasteiger partial charge in [-0.25, -0.2) is 13.2 Å². The molecule has 0 aliphatic carbocycles. The molecule has 34 heavy (non-hydrogen) atoms. The van der Waals surface area contributed by atoms with E-state index in [-0.39, 0.29) is 16.9 Å². The summed E-state index contributed by atoms with van der Waals surface area (Å²) in [5.41, 5.74) is 0.867. The standard InChI is InChI=1S/C23H24N2O7S2/c1-14(2)20(23(28)29)25-21(27)19(24-18(26)13-15-7-5-4-6-8-15)22(25)33-34(30,31)17-11-9-16(32-3)10-12-17/h4-12,19-20,22H,1,13H2,2-3H3,(H,24,26)(H,28,29). The van der Waals surface area contributed by atoms with E-state index in [0.29, 0.717) is 22.1 Å². The van der Waals surface area contributed by atoms with E-state index in [1.165, 1.54) is 38.3 Å². The highest BCUT2D eigenvalue weighted by Crippen LogP contribution is 2.39. The maximum atomic E-state index is 13.1. The van der Waals surface area contributed by atoms with Crippen molar-refractivity contribution in [2.24, 2.45) is 0 Å². The van der Waals surface area contributed by atoms with Crippen molar-refractivity contribution < 1.29 is 32.6 Å². The zero-order valence-electron chi connectivity index (χ0n) is 18.5. The van der Waals surface area contributed by atoms with E-state index < -0.39 is 44.1 Å². The van der Waals surface area contributed by atoms with E-state index in [2.05, 4.69) is 11.9 Å². The van der Waals surface area contributed by atoms with Crippen molar-refractivity contribution in [3.05, 3.63) is 72.3 Å². The second kappa shape index (κ2) is 10.3. The maximum absolute atomic E-state index is 13.1. The minimum atomic E-state index is -4.02. The van der Waals surface area contributed by atoms with Gasteiger partial charge in [0.05, 0.1) is 18.4 Å². The molecule has 0 spiro atoms. The number of carboxylic acids is 1. The first-order chi connectivity index (χ1) is 16.0. The number of rotatable bonds is 10. The number of hydrogen-bond acceptors (Lipinski definition) is 7. The van der Waals surface area contributed by atoms with Crippen LogP contribution >= 0.6 is 10.8 Å². The van der Waals surface area contributed by atoms with Gasteiger partial charge in [0.1, 0.15) is 17.2 Å². The molecular weight excluding hydrogens is 480 g/mol. The predicted molar refractivity (Wildman–Crippen MR) is 127 cm³/mol. The molecule has 0 radical (unpaired) electrons. The normalized spacial score (nSPS) is 18.5. The van der Waals surface area contributed by atoms with E-state index in [4.69, 9.17) is 4.74 Å². The molecule has 1 heterocycles. The lowest BCUT2D eigenvalue weighted by molar-refractivity contribution is -0.159. The first-order valence-corrected chi connectivity index (χ1v) is 13.0. The second-order valence-corrected chi connectivity index (χ2v) is 11.6. The number of β-lactam (4-membered cyclic amide) rings is 1. The average Bonchev–Trinajstić information content (AvgIpc) is 2.80. The lowest BCUT2D eigenvalue weighted by Crippen LogP contribution is -2.73. The molecule has 1 aliphatic rings. The molecule has 11 heteroatoms. The van der Waals surface area contributed by atoms with Gasteiger partial charge in [-0.1, -0.05) is 36.9 Å². The summed E-state index contributed by atoms with van der Waals surface area (Å²) in [5, 5.41) is 11.0. The quantitative estimate of drug-likeness (QED) is 0.286. The highest BCUT2D eigenvalue weighted by molar-refractivity contribution is 8.72. The summed E-state index contributed by atoms with van der Waals surface area (Å²) in [7, 11) is -2.17. The molecule has 3 rings (SSSR count). The lowest BCUT2D eigenvalue weighted by Gasteiger charge is -2.48. The Morgan fingerprint density at radius 1 is 1.18 bits per heavy atom. The van der Waals surface area contributed by atoms with Crippen molar-refractivity contribution in [3.63, 3.8) is 0 Å². The lowest BCUT2D eigenvalue weighted by atomic mass is 9.99. The molecular formula is C23H24N2O7S2. The second-order valence-electron chi connectivity index (χ2n) is 7.66. The molecule has 1 fully saturated rings. The van der Waals surface area contributed by atoms with Gasteiger partial charge >= 0.3 is 5.97 Å². The number of carboxylic acid groups (broad SMARTS) is 1. The highest BCUT2D eigenvalue weighted by atomic mass is 33.1. The van der Waals surface area contributed by atoms with Crippen LogP contribution in [0, 0.1) is 0 Å². The Labute approximate surface area is 201 Å². The number of carbonyl (C=O) groups excluding carboxylic acids is 2. The van der Waals surface area contributed by atoms with Crippen LogP contribution in [-0.4, -0.2) is 60.8 Å². The summed E-state index contributed by atoms with van der Waals surface area (Å²) in [6.07, 6.45) is -0.0178. The molecule has 2 aromatic carbocycles. The van der Waals surface area contributed by atoms with Gasteiger partial charge in [-0.3, -0.25) is 9.59 Å². The summed E-state index contributed by atoms with van der Waals surface area (Å²) in [4.78, 5) is 38.2. The molecule has 3 unspecified atom stereocenters. The first-order valence-electron chi connectivity index (χ1n) is 10.2. The Kier molecular flexibility index (Phi) is 7.68. The third-order valence-corrected chi connectivity index (χ3v) is 8.88. The van der Waals surface area contributed by atoms with Crippen molar-refractivity contribution in [1.29, 1.82) is 0 Å². The Bertz CT molecular complexity index is 1180. The van der Waals surface area contributed by atoms with Crippen LogP contribution in [0.25, 0.3) is 0 Å². The number of ether oxygens (including phenoxy) is 1. The molecule has 2 amide bonds. The SMILES string of the molecule is C=C(C)C(C(=O)O)N1C(=O)C(NC(=O)Cc2ccccc2)C1SS(=O)(=O)c1ccc(OC)cc1. The molecule has 0 saturated carbocycles. The van der Waals surface area contributed by atoms with Crippen LogP contribution in [-0.2, 0) is 29.7 Å². The Morgan fingerprint density at radius 2 is 1.79 bits per heavy atom. The van der Waals surface area contributed by atoms with Crippen LogP contribution in [0.15, 0.2) is 71.6 Å². The van der Waals surface area contributed by atoms with Crippen molar-refractivity contribution >= 4 is 37.4 Å². The molecule has 180 valence electrons. The zero-order valence-corrected chi connectivity index (χ0v) is 20.1. The number of methoxy groups -OCH3 is 1. The predicted octanol–water partition coefficient (Wildman–Crippen LogP) is 2.04. The van der Waals surface area contributed by atoms with Gasteiger partial charge in [0.25, 0.3) is 0 Å². The summed E-state index contributed by atoms with van der Waals surface area (Å²) in [6.45, 7) is 5.07. The molecule has 3 atom stereocenters. The van der Waals surface area contributed by atoms with Gasteiger partial charge in [0.15, 0.2) is 6.04 Å². The monoisotopic (exact) mass is 504 g/mol. The molecule has 0 bridgehead atoms. The van der Waals surface area contributed by atoms with Crippen molar-refractivity contribution in [2.75, 3.05) is 7.11 Å². The van der Waals surface area contributed by atoms with Crippen molar-refractivity contribution in [1.82, 2.24) is 10.2 Å². The fraction of sp³-hybridized carbons (Fsp3) is 0.261. The van der Waals surface area contributed by atoms with Gasteiger partial charge in [-0.2, -0.15) is 0 Å². The number of amides is 2. The number of aliphatic carboxylic acids is 1. The topological polar surface area (TPSA) is 130 Å². The maximum Gasteiger partial charge on any atom is 0.330 e. The van der Waals surface area contributed by atoms with Gasteiger partial charge in [-0.05, 0) is 42.3 Å². The van der Waals surface area contributed by atoms with Crippen molar-refractivity contribution in [2.45, 2.75) is 35.7 Å². The molecule has 0 aromatic heterocycles. The molecule has 2 N–H and O–H groups in total. The minimum absolute atomic E-state index is 0.0178.